The van der Waals surface area contributed by atoms with Crippen molar-refractivity contribution in [1.29, 1.82) is 0 Å². The molecule has 0 aliphatic heterocycles. The lowest BCUT2D eigenvalue weighted by atomic mass is 10.2. The van der Waals surface area contributed by atoms with Crippen molar-refractivity contribution >= 4 is 50.2 Å². The average Bonchev–Trinajstić information content (AvgIpc) is 3.25. The molecule has 0 saturated heterocycles. The van der Waals surface area contributed by atoms with Gasteiger partial charge in [-0.05, 0) is 36.8 Å². The highest BCUT2D eigenvalue weighted by Crippen LogP contribution is 2.27. The van der Waals surface area contributed by atoms with Crippen LogP contribution in [0.2, 0.25) is 5.02 Å². The van der Waals surface area contributed by atoms with Gasteiger partial charge in [-0.25, -0.2) is 13.4 Å². The van der Waals surface area contributed by atoms with Crippen LogP contribution >= 0.6 is 22.9 Å². The fourth-order valence-electron chi connectivity index (χ4n) is 3.18. The molecule has 4 rings (SSSR count). The van der Waals surface area contributed by atoms with Gasteiger partial charge in [0.1, 0.15) is 5.01 Å². The Morgan fingerprint density at radius 2 is 1.76 bits per heavy atom. The molecule has 9 heteroatoms. The summed E-state index contributed by atoms with van der Waals surface area (Å²) in [5.41, 5.74) is 2.85. The van der Waals surface area contributed by atoms with Crippen molar-refractivity contribution in [2.24, 2.45) is 0 Å². The fourth-order valence-corrected chi connectivity index (χ4v) is 5.60. The van der Waals surface area contributed by atoms with Crippen molar-refractivity contribution in [1.82, 2.24) is 4.98 Å². The van der Waals surface area contributed by atoms with Gasteiger partial charge < -0.3 is 5.32 Å². The third-order valence-electron chi connectivity index (χ3n) is 4.79. The summed E-state index contributed by atoms with van der Waals surface area (Å²) in [4.78, 5) is 17.2. The lowest BCUT2D eigenvalue weighted by Crippen LogP contribution is -2.17. The summed E-state index contributed by atoms with van der Waals surface area (Å²) in [6.45, 7) is 1.69. The average molecular weight is 498 g/mol. The zero-order valence-electron chi connectivity index (χ0n) is 17.6. The fraction of sp³-hybridized carbons (Fsp3) is 0.0833. The van der Waals surface area contributed by atoms with E-state index in [1.807, 2.05) is 35.7 Å². The Morgan fingerprint density at radius 3 is 2.52 bits per heavy atom. The first-order valence-electron chi connectivity index (χ1n) is 9.99. The number of para-hydroxylation sites is 1. The Morgan fingerprint density at radius 1 is 1.03 bits per heavy atom. The van der Waals surface area contributed by atoms with Crippen LogP contribution < -0.4 is 10.0 Å². The Labute approximate surface area is 201 Å². The van der Waals surface area contributed by atoms with Crippen molar-refractivity contribution in [2.75, 3.05) is 10.0 Å². The van der Waals surface area contributed by atoms with E-state index >= 15 is 0 Å². The zero-order chi connectivity index (χ0) is 23.4. The number of aryl methyl sites for hydroxylation is 1. The molecule has 2 N–H and O–H groups in total. The summed E-state index contributed by atoms with van der Waals surface area (Å²) >= 11 is 7.56. The number of anilines is 2. The van der Waals surface area contributed by atoms with Crippen LogP contribution in [0.25, 0.3) is 10.6 Å². The predicted molar refractivity (Wildman–Crippen MR) is 133 cm³/mol. The van der Waals surface area contributed by atoms with Crippen LogP contribution in [0.5, 0.6) is 0 Å². The second-order valence-electron chi connectivity index (χ2n) is 7.30. The minimum atomic E-state index is -3.91. The summed E-state index contributed by atoms with van der Waals surface area (Å²) in [6, 6.07) is 21.1. The summed E-state index contributed by atoms with van der Waals surface area (Å²) in [5, 5.41) is 5.74. The molecule has 0 radical (unpaired) electrons. The van der Waals surface area contributed by atoms with Gasteiger partial charge >= 0.3 is 0 Å². The molecule has 33 heavy (non-hydrogen) atoms. The van der Waals surface area contributed by atoms with E-state index in [2.05, 4.69) is 15.0 Å². The molecule has 1 heterocycles. The number of benzene rings is 3. The van der Waals surface area contributed by atoms with Crippen LogP contribution in [0.3, 0.4) is 0 Å². The van der Waals surface area contributed by atoms with Gasteiger partial charge in [-0.3, -0.25) is 9.52 Å². The van der Waals surface area contributed by atoms with E-state index in [1.54, 1.807) is 43.3 Å². The first kappa shape index (κ1) is 23.0. The maximum Gasteiger partial charge on any atom is 0.262 e. The van der Waals surface area contributed by atoms with Crippen molar-refractivity contribution in [3.05, 3.63) is 94.5 Å². The van der Waals surface area contributed by atoms with Crippen LogP contribution in [0.4, 0.5) is 11.4 Å². The number of sulfonamides is 1. The molecular weight excluding hydrogens is 478 g/mol. The first-order chi connectivity index (χ1) is 15.8. The first-order valence-corrected chi connectivity index (χ1v) is 12.7. The quantitative estimate of drug-likeness (QED) is 0.340. The van der Waals surface area contributed by atoms with E-state index < -0.39 is 10.0 Å². The van der Waals surface area contributed by atoms with Crippen LogP contribution in [0.15, 0.2) is 83.1 Å². The van der Waals surface area contributed by atoms with Crippen molar-refractivity contribution < 1.29 is 13.2 Å². The van der Waals surface area contributed by atoms with E-state index in [0.717, 1.165) is 10.6 Å². The minimum Gasteiger partial charge on any atom is -0.326 e. The van der Waals surface area contributed by atoms with Gasteiger partial charge in [0.05, 0.1) is 27.7 Å². The number of nitrogens with one attached hydrogen (secondary N) is 2. The number of aromatic nitrogens is 1. The normalized spacial score (nSPS) is 11.2. The number of halogens is 1. The monoisotopic (exact) mass is 497 g/mol. The maximum atomic E-state index is 13.0. The number of rotatable bonds is 7. The summed E-state index contributed by atoms with van der Waals surface area (Å²) in [5.74, 6) is -0.286. The lowest BCUT2D eigenvalue weighted by molar-refractivity contribution is -0.115. The van der Waals surface area contributed by atoms with E-state index in [1.165, 1.54) is 17.4 Å². The Kier molecular flexibility index (Phi) is 6.78. The smallest absolute Gasteiger partial charge is 0.262 e. The Bertz CT molecular complexity index is 1400. The van der Waals surface area contributed by atoms with Crippen LogP contribution in [-0.4, -0.2) is 19.3 Å². The van der Waals surface area contributed by atoms with Gasteiger partial charge in [-0.2, -0.15) is 0 Å². The summed E-state index contributed by atoms with van der Waals surface area (Å²) < 4.78 is 28.4. The third kappa shape index (κ3) is 5.60. The molecule has 0 fully saturated rings. The van der Waals surface area contributed by atoms with Crippen LogP contribution in [0, 0.1) is 6.92 Å². The van der Waals surface area contributed by atoms with Gasteiger partial charge in [0, 0.05) is 16.6 Å². The van der Waals surface area contributed by atoms with Gasteiger partial charge in [0.2, 0.25) is 5.91 Å². The number of hydrogen-bond donors (Lipinski definition) is 2. The molecule has 3 aromatic carbocycles. The Balaban J connectivity index is 1.48. The standard InChI is InChI=1S/C24H20ClN3O3S2/c1-16-11-12-18(13-22(16)33(30,31)28-21-10-6-5-9-20(21)25)26-23(29)14-19-15-32-24(27-19)17-7-3-2-4-8-17/h2-13,15,28H,14H2,1H3,(H,26,29). The molecule has 0 aliphatic carbocycles. The van der Waals surface area contributed by atoms with Gasteiger partial charge in [0.15, 0.2) is 0 Å². The van der Waals surface area contributed by atoms with Gasteiger partial charge in [-0.1, -0.05) is 60.1 Å². The van der Waals surface area contributed by atoms with Crippen molar-refractivity contribution in [2.45, 2.75) is 18.2 Å². The van der Waals surface area contributed by atoms with Gasteiger partial charge in [-0.15, -0.1) is 11.3 Å². The minimum absolute atomic E-state index is 0.0558. The number of nitrogens with zero attached hydrogens (tertiary/aromatic N) is 1. The van der Waals surface area contributed by atoms with E-state index in [0.29, 0.717) is 22.0 Å². The molecular formula is C24H20ClN3O3S2. The molecule has 168 valence electrons. The molecule has 0 atom stereocenters. The number of carbonyl (C=O) groups excluding carboxylic acids is 1. The maximum absolute atomic E-state index is 13.0. The SMILES string of the molecule is Cc1ccc(NC(=O)Cc2csc(-c3ccccc3)n2)cc1S(=O)(=O)Nc1ccccc1Cl. The highest BCUT2D eigenvalue weighted by atomic mass is 35.5. The highest BCUT2D eigenvalue weighted by molar-refractivity contribution is 7.92. The molecule has 0 unspecified atom stereocenters. The third-order valence-corrected chi connectivity index (χ3v) is 7.57. The molecule has 0 saturated carbocycles. The number of carbonyl (C=O) groups is 1. The second-order valence-corrected chi connectivity index (χ2v) is 10.2. The second kappa shape index (κ2) is 9.74. The van der Waals surface area contributed by atoms with Crippen LogP contribution in [-0.2, 0) is 21.2 Å². The van der Waals surface area contributed by atoms with Crippen molar-refractivity contribution in [3.8, 4) is 10.6 Å². The van der Waals surface area contributed by atoms with Gasteiger partial charge in [0.25, 0.3) is 10.0 Å². The molecule has 6 nitrogen and oxygen atoms in total. The number of amides is 1. The summed E-state index contributed by atoms with van der Waals surface area (Å²) in [6.07, 6.45) is 0.0805. The molecule has 1 amide bonds. The van der Waals surface area contributed by atoms with E-state index in [-0.39, 0.29) is 22.9 Å². The highest BCUT2D eigenvalue weighted by Gasteiger charge is 2.19. The predicted octanol–water partition coefficient (Wildman–Crippen LogP) is 5.75. The zero-order valence-corrected chi connectivity index (χ0v) is 20.0. The molecule has 0 bridgehead atoms. The van der Waals surface area contributed by atoms with E-state index in [9.17, 15) is 13.2 Å². The number of hydrogen-bond acceptors (Lipinski definition) is 5. The van der Waals surface area contributed by atoms with Crippen LogP contribution in [0.1, 0.15) is 11.3 Å². The van der Waals surface area contributed by atoms with Crippen molar-refractivity contribution in [3.63, 3.8) is 0 Å². The Hall–Kier alpha value is -3.20. The number of thiazole rings is 1. The summed E-state index contributed by atoms with van der Waals surface area (Å²) in [7, 11) is -3.91. The van der Waals surface area contributed by atoms with E-state index in [4.69, 9.17) is 11.6 Å². The largest absolute Gasteiger partial charge is 0.326 e. The molecule has 1 aromatic heterocycles. The topological polar surface area (TPSA) is 88.2 Å². The lowest BCUT2D eigenvalue weighted by Gasteiger charge is -2.13. The molecule has 0 spiro atoms. The molecule has 4 aromatic rings. The molecule has 0 aliphatic rings.